The number of nitrogen functional groups attached to an aromatic ring is 1. The van der Waals surface area contributed by atoms with E-state index in [1.165, 1.54) is 18.1 Å². The van der Waals surface area contributed by atoms with Gasteiger partial charge in [0.1, 0.15) is 11.4 Å². The number of carbonyl (C=O) groups is 1. The number of hydrogen-bond acceptors (Lipinski definition) is 5. The van der Waals surface area contributed by atoms with E-state index < -0.39 is 0 Å². The molecule has 1 amide bonds. The van der Waals surface area contributed by atoms with Crippen LogP contribution < -0.4 is 11.1 Å². The molecule has 0 spiro atoms. The summed E-state index contributed by atoms with van der Waals surface area (Å²) in [6, 6.07) is 7.01. The zero-order chi connectivity index (χ0) is 13.7. The number of aromatic nitrogens is 2. The van der Waals surface area contributed by atoms with Crippen LogP contribution in [0.4, 0.5) is 5.69 Å². The van der Waals surface area contributed by atoms with Gasteiger partial charge in [-0.25, -0.2) is 9.97 Å². The van der Waals surface area contributed by atoms with Crippen molar-refractivity contribution in [2.45, 2.75) is 16.8 Å². The number of nitrogens with two attached hydrogens (primary N) is 1. The zero-order valence-corrected chi connectivity index (χ0v) is 11.3. The van der Waals surface area contributed by atoms with Crippen molar-refractivity contribution in [2.24, 2.45) is 0 Å². The Kier molecular flexibility index (Phi) is 4.35. The number of hydrogen-bond donors (Lipinski definition) is 2. The lowest BCUT2D eigenvalue weighted by atomic mass is 10.2. The first-order valence-corrected chi connectivity index (χ1v) is 6.64. The molecule has 1 heterocycles. The van der Waals surface area contributed by atoms with Gasteiger partial charge >= 0.3 is 0 Å². The maximum atomic E-state index is 11.8. The Morgan fingerprint density at radius 3 is 2.95 bits per heavy atom. The fraction of sp³-hybridized carbons (Fsp3) is 0.154. The number of nitrogens with zero attached hydrogens (tertiary/aromatic N) is 2. The van der Waals surface area contributed by atoms with Gasteiger partial charge in [0.2, 0.25) is 0 Å². The van der Waals surface area contributed by atoms with Crippen LogP contribution in [0.5, 0.6) is 0 Å². The first-order chi connectivity index (χ1) is 9.20. The molecule has 2 rings (SSSR count). The lowest BCUT2D eigenvalue weighted by Gasteiger charge is -2.07. The number of amides is 1. The number of anilines is 1. The molecule has 0 saturated carbocycles. The lowest BCUT2D eigenvalue weighted by molar-refractivity contribution is 0.0955. The van der Waals surface area contributed by atoms with E-state index in [1.807, 2.05) is 6.92 Å². The Morgan fingerprint density at radius 1 is 1.42 bits per heavy atom. The smallest absolute Gasteiger partial charge is 0.251 e. The van der Waals surface area contributed by atoms with Crippen molar-refractivity contribution in [3.05, 3.63) is 42.4 Å². The Labute approximate surface area is 115 Å². The predicted molar refractivity (Wildman–Crippen MR) is 75.0 cm³/mol. The molecule has 2 aromatic rings. The molecule has 0 aliphatic rings. The van der Waals surface area contributed by atoms with Crippen molar-refractivity contribution in [3.63, 3.8) is 0 Å². The topological polar surface area (TPSA) is 80.9 Å². The molecule has 6 heteroatoms. The third kappa shape index (κ3) is 3.45. The molecule has 0 saturated heterocycles. The van der Waals surface area contributed by atoms with E-state index >= 15 is 0 Å². The average Bonchev–Trinajstić information content (AvgIpc) is 2.42. The van der Waals surface area contributed by atoms with Crippen molar-refractivity contribution in [3.8, 4) is 0 Å². The van der Waals surface area contributed by atoms with Gasteiger partial charge in [-0.1, -0.05) is 11.8 Å². The van der Waals surface area contributed by atoms with E-state index in [0.29, 0.717) is 17.8 Å². The van der Waals surface area contributed by atoms with Gasteiger partial charge in [-0.05, 0) is 31.2 Å². The Bertz CT molecular complexity index is 574. The summed E-state index contributed by atoms with van der Waals surface area (Å²) in [5.74, 6) is -0.105. The minimum absolute atomic E-state index is 0.105. The molecule has 5 nitrogen and oxygen atoms in total. The molecule has 0 fully saturated rings. The molecular weight excluding hydrogens is 260 g/mol. The van der Waals surface area contributed by atoms with Crippen LogP contribution in [0.2, 0.25) is 0 Å². The standard InChI is InChI=1S/C13H14N4OS/c1-2-16-13(18)9-3-4-10(14)11(7-9)19-12-5-6-15-8-17-12/h3-8H,2,14H2,1H3,(H,16,18). The first-order valence-electron chi connectivity index (χ1n) is 5.82. The molecular formula is C13H14N4OS. The summed E-state index contributed by atoms with van der Waals surface area (Å²) in [7, 11) is 0. The number of rotatable bonds is 4. The molecule has 0 aliphatic carbocycles. The van der Waals surface area contributed by atoms with E-state index in [1.54, 1.807) is 30.5 Å². The third-order valence-electron chi connectivity index (χ3n) is 2.38. The summed E-state index contributed by atoms with van der Waals surface area (Å²) in [6.07, 6.45) is 3.14. The Morgan fingerprint density at radius 2 is 2.26 bits per heavy atom. The quantitative estimate of drug-likeness (QED) is 0.658. The van der Waals surface area contributed by atoms with Crippen LogP contribution in [0, 0.1) is 0 Å². The van der Waals surface area contributed by atoms with E-state index in [-0.39, 0.29) is 5.91 Å². The number of benzene rings is 1. The molecule has 0 aliphatic heterocycles. The highest BCUT2D eigenvalue weighted by Crippen LogP contribution is 2.31. The van der Waals surface area contributed by atoms with Gasteiger partial charge in [0.15, 0.2) is 0 Å². The largest absolute Gasteiger partial charge is 0.398 e. The maximum absolute atomic E-state index is 11.8. The summed E-state index contributed by atoms with van der Waals surface area (Å²) in [6.45, 7) is 2.48. The van der Waals surface area contributed by atoms with Crippen LogP contribution in [0.15, 0.2) is 46.7 Å². The highest BCUT2D eigenvalue weighted by atomic mass is 32.2. The minimum Gasteiger partial charge on any atom is -0.398 e. The Balaban J connectivity index is 2.25. The van der Waals surface area contributed by atoms with Crippen LogP contribution in [0.1, 0.15) is 17.3 Å². The summed E-state index contributed by atoms with van der Waals surface area (Å²) in [4.78, 5) is 20.6. The first kappa shape index (κ1) is 13.4. The highest BCUT2D eigenvalue weighted by Gasteiger charge is 2.09. The summed E-state index contributed by atoms with van der Waals surface area (Å²) < 4.78 is 0. The van der Waals surface area contributed by atoms with Crippen LogP contribution in [-0.4, -0.2) is 22.4 Å². The van der Waals surface area contributed by atoms with Gasteiger partial charge in [0.05, 0.1) is 0 Å². The second-order valence-corrected chi connectivity index (χ2v) is 4.82. The molecule has 1 aromatic carbocycles. The van der Waals surface area contributed by atoms with Crippen molar-refractivity contribution in [2.75, 3.05) is 12.3 Å². The SMILES string of the molecule is CCNC(=O)c1ccc(N)c(Sc2ccncn2)c1. The van der Waals surface area contributed by atoms with Gasteiger partial charge in [0, 0.05) is 28.9 Å². The second kappa shape index (κ2) is 6.19. The van der Waals surface area contributed by atoms with Gasteiger partial charge in [-0.15, -0.1) is 0 Å². The predicted octanol–water partition coefficient (Wildman–Crippen LogP) is 1.96. The number of carbonyl (C=O) groups excluding carboxylic acids is 1. The van der Waals surface area contributed by atoms with Crippen LogP contribution in [-0.2, 0) is 0 Å². The third-order valence-corrected chi connectivity index (χ3v) is 3.41. The Hall–Kier alpha value is -2.08. The van der Waals surface area contributed by atoms with Gasteiger partial charge in [-0.3, -0.25) is 4.79 Å². The molecule has 0 radical (unpaired) electrons. The molecule has 0 unspecified atom stereocenters. The van der Waals surface area contributed by atoms with Gasteiger partial charge in [0.25, 0.3) is 5.91 Å². The molecule has 19 heavy (non-hydrogen) atoms. The zero-order valence-electron chi connectivity index (χ0n) is 10.5. The number of nitrogens with one attached hydrogen (secondary N) is 1. The van der Waals surface area contributed by atoms with E-state index in [9.17, 15) is 4.79 Å². The molecule has 0 atom stereocenters. The average molecular weight is 274 g/mol. The molecule has 1 aromatic heterocycles. The fourth-order valence-electron chi connectivity index (χ4n) is 1.48. The fourth-order valence-corrected chi connectivity index (χ4v) is 2.30. The lowest BCUT2D eigenvalue weighted by Crippen LogP contribution is -2.22. The van der Waals surface area contributed by atoms with Crippen LogP contribution in [0.25, 0.3) is 0 Å². The van der Waals surface area contributed by atoms with Crippen molar-refractivity contribution in [1.82, 2.24) is 15.3 Å². The maximum Gasteiger partial charge on any atom is 0.251 e. The van der Waals surface area contributed by atoms with Crippen LogP contribution in [0.3, 0.4) is 0 Å². The summed E-state index contributed by atoms with van der Waals surface area (Å²) >= 11 is 1.41. The normalized spacial score (nSPS) is 10.2. The van der Waals surface area contributed by atoms with E-state index in [2.05, 4.69) is 15.3 Å². The van der Waals surface area contributed by atoms with E-state index in [0.717, 1.165) is 9.92 Å². The molecule has 0 bridgehead atoms. The molecule has 98 valence electrons. The van der Waals surface area contributed by atoms with E-state index in [4.69, 9.17) is 5.73 Å². The van der Waals surface area contributed by atoms with Crippen molar-refractivity contribution in [1.29, 1.82) is 0 Å². The van der Waals surface area contributed by atoms with Gasteiger partial charge in [-0.2, -0.15) is 0 Å². The summed E-state index contributed by atoms with van der Waals surface area (Å²) in [5, 5.41) is 3.54. The second-order valence-electron chi connectivity index (χ2n) is 3.76. The van der Waals surface area contributed by atoms with Gasteiger partial charge < -0.3 is 11.1 Å². The van der Waals surface area contributed by atoms with Crippen LogP contribution >= 0.6 is 11.8 Å². The van der Waals surface area contributed by atoms with Crippen molar-refractivity contribution < 1.29 is 4.79 Å². The molecule has 3 N–H and O–H groups in total. The highest BCUT2D eigenvalue weighted by molar-refractivity contribution is 7.99. The van der Waals surface area contributed by atoms with Crippen molar-refractivity contribution >= 4 is 23.4 Å². The minimum atomic E-state index is -0.105. The monoisotopic (exact) mass is 274 g/mol. The summed E-state index contributed by atoms with van der Waals surface area (Å²) in [5.41, 5.74) is 7.13.